The molecule has 1 aromatic rings. The third-order valence-corrected chi connectivity index (χ3v) is 4.89. The minimum absolute atomic E-state index is 0.0514. The monoisotopic (exact) mass is 300 g/mol. The van der Waals surface area contributed by atoms with Crippen molar-refractivity contribution in [3.63, 3.8) is 0 Å². The van der Waals surface area contributed by atoms with E-state index in [0.717, 1.165) is 6.07 Å². The zero-order valence-electron chi connectivity index (χ0n) is 10.9. The molecule has 0 saturated heterocycles. The second-order valence-electron chi connectivity index (χ2n) is 4.71. The van der Waals surface area contributed by atoms with Crippen molar-refractivity contribution in [2.45, 2.75) is 29.9 Å². The summed E-state index contributed by atoms with van der Waals surface area (Å²) in [6, 6.07) is 3.37. The Bertz CT molecular complexity index is 623. The Kier molecular flexibility index (Phi) is 3.98. The number of hydrogen-bond donors (Lipinski definition) is 3. The molecule has 0 atom stereocenters. The maximum Gasteiger partial charge on any atom is 0.335 e. The smallest absolute Gasteiger partial charge is 0.335 e. The number of nitrogen functional groups attached to an aromatic ring is 1. The fourth-order valence-electron chi connectivity index (χ4n) is 2.06. The molecule has 1 aliphatic carbocycles. The second kappa shape index (κ2) is 5.39. The molecule has 0 aromatic heterocycles. The number of methoxy groups -OCH3 is 1. The van der Waals surface area contributed by atoms with Gasteiger partial charge in [0.2, 0.25) is 10.0 Å². The van der Waals surface area contributed by atoms with Crippen molar-refractivity contribution in [3.8, 4) is 0 Å². The van der Waals surface area contributed by atoms with Gasteiger partial charge in [0.25, 0.3) is 0 Å². The zero-order valence-corrected chi connectivity index (χ0v) is 11.7. The van der Waals surface area contributed by atoms with Crippen molar-refractivity contribution < 1.29 is 23.1 Å². The third-order valence-electron chi connectivity index (χ3n) is 3.30. The van der Waals surface area contributed by atoms with Crippen LogP contribution in [0.4, 0.5) is 5.69 Å². The summed E-state index contributed by atoms with van der Waals surface area (Å²) < 4.78 is 31.9. The van der Waals surface area contributed by atoms with Crippen LogP contribution in [-0.2, 0) is 14.8 Å². The molecule has 0 spiro atoms. The first-order valence-corrected chi connectivity index (χ1v) is 7.49. The van der Waals surface area contributed by atoms with Gasteiger partial charge in [-0.05, 0) is 31.0 Å². The molecule has 20 heavy (non-hydrogen) atoms. The Hall–Kier alpha value is -1.64. The minimum Gasteiger partial charge on any atom is -0.478 e. The normalized spacial score (nSPS) is 22.2. The summed E-state index contributed by atoms with van der Waals surface area (Å²) in [5.41, 5.74) is 5.49. The second-order valence-corrected chi connectivity index (χ2v) is 6.39. The highest BCUT2D eigenvalue weighted by molar-refractivity contribution is 7.89. The van der Waals surface area contributed by atoms with E-state index >= 15 is 0 Å². The molecule has 0 aliphatic heterocycles. The lowest BCUT2D eigenvalue weighted by molar-refractivity contribution is 0.0236. The van der Waals surface area contributed by atoms with Crippen LogP contribution in [0.5, 0.6) is 0 Å². The van der Waals surface area contributed by atoms with E-state index in [0.29, 0.717) is 12.8 Å². The number of anilines is 1. The lowest BCUT2D eigenvalue weighted by atomic mass is 9.90. The Balaban J connectivity index is 2.16. The van der Waals surface area contributed by atoms with Gasteiger partial charge >= 0.3 is 5.97 Å². The van der Waals surface area contributed by atoms with Crippen molar-refractivity contribution in [2.24, 2.45) is 0 Å². The molecule has 110 valence electrons. The van der Waals surface area contributed by atoms with E-state index in [1.54, 1.807) is 7.11 Å². The molecule has 7 nitrogen and oxygen atoms in total. The topological polar surface area (TPSA) is 119 Å². The lowest BCUT2D eigenvalue weighted by Crippen LogP contribution is -2.47. The van der Waals surface area contributed by atoms with Gasteiger partial charge in [-0.15, -0.1) is 0 Å². The van der Waals surface area contributed by atoms with Crippen LogP contribution in [0.1, 0.15) is 23.2 Å². The van der Waals surface area contributed by atoms with E-state index in [-0.39, 0.29) is 28.3 Å². The maximum atomic E-state index is 12.2. The number of benzene rings is 1. The van der Waals surface area contributed by atoms with Crippen LogP contribution in [0, 0.1) is 0 Å². The molecule has 0 unspecified atom stereocenters. The largest absolute Gasteiger partial charge is 0.478 e. The Morgan fingerprint density at radius 1 is 1.45 bits per heavy atom. The van der Waals surface area contributed by atoms with Crippen LogP contribution in [0.15, 0.2) is 23.1 Å². The number of sulfonamides is 1. The zero-order chi connectivity index (χ0) is 14.9. The van der Waals surface area contributed by atoms with Crippen LogP contribution in [0.25, 0.3) is 0 Å². The number of aromatic carboxylic acids is 1. The van der Waals surface area contributed by atoms with Crippen molar-refractivity contribution >= 4 is 21.7 Å². The van der Waals surface area contributed by atoms with Crippen molar-refractivity contribution in [1.82, 2.24) is 4.72 Å². The average molecular weight is 300 g/mol. The van der Waals surface area contributed by atoms with E-state index in [1.165, 1.54) is 12.1 Å². The quantitative estimate of drug-likeness (QED) is 0.678. The molecule has 2 rings (SSSR count). The summed E-state index contributed by atoms with van der Waals surface area (Å²) in [6.45, 7) is 0. The summed E-state index contributed by atoms with van der Waals surface area (Å²) in [4.78, 5) is 10.7. The Labute approximate surface area is 116 Å². The highest BCUT2D eigenvalue weighted by Gasteiger charge is 2.33. The molecule has 1 aromatic carbocycles. The standard InChI is InChI=1S/C12H16N2O5S/c1-19-9-5-8(6-9)14-20(17,18)11-3-2-7(12(15)16)4-10(11)13/h2-4,8-9,14H,5-6,13H2,1H3,(H,15,16). The lowest BCUT2D eigenvalue weighted by Gasteiger charge is -2.34. The SMILES string of the molecule is COC1CC(NS(=O)(=O)c2ccc(C(=O)O)cc2N)C1. The number of ether oxygens (including phenoxy) is 1. The van der Waals surface area contributed by atoms with Crippen LogP contribution >= 0.6 is 0 Å². The number of carboxylic acids is 1. The fraction of sp³-hybridized carbons (Fsp3) is 0.417. The first kappa shape index (κ1) is 14.8. The van der Waals surface area contributed by atoms with Gasteiger partial charge in [0, 0.05) is 13.2 Å². The van der Waals surface area contributed by atoms with Crippen molar-refractivity contribution in [1.29, 1.82) is 0 Å². The van der Waals surface area contributed by atoms with Gasteiger partial charge in [0.1, 0.15) is 4.90 Å². The predicted octanol–water partition coefficient (Wildman–Crippen LogP) is 0.423. The molecule has 0 amide bonds. The van der Waals surface area contributed by atoms with E-state index in [2.05, 4.69) is 4.72 Å². The summed E-state index contributed by atoms with van der Waals surface area (Å²) in [5.74, 6) is -1.16. The summed E-state index contributed by atoms with van der Waals surface area (Å²) in [5, 5.41) is 8.82. The first-order valence-electron chi connectivity index (χ1n) is 6.01. The van der Waals surface area contributed by atoms with E-state index in [4.69, 9.17) is 15.6 Å². The average Bonchev–Trinajstić information content (AvgIpc) is 2.32. The number of nitrogens with two attached hydrogens (primary N) is 1. The minimum atomic E-state index is -3.75. The van der Waals surface area contributed by atoms with E-state index in [9.17, 15) is 13.2 Å². The van der Waals surface area contributed by atoms with Crippen LogP contribution in [0.2, 0.25) is 0 Å². The Morgan fingerprint density at radius 2 is 2.10 bits per heavy atom. The molecule has 1 aliphatic rings. The van der Waals surface area contributed by atoms with Gasteiger partial charge in [0.15, 0.2) is 0 Å². The predicted molar refractivity (Wildman–Crippen MR) is 72.0 cm³/mol. The first-order chi connectivity index (χ1) is 9.33. The molecular weight excluding hydrogens is 284 g/mol. The van der Waals surface area contributed by atoms with Gasteiger partial charge in [-0.2, -0.15) is 0 Å². The van der Waals surface area contributed by atoms with Crippen molar-refractivity contribution in [3.05, 3.63) is 23.8 Å². The van der Waals surface area contributed by atoms with E-state index in [1.807, 2.05) is 0 Å². The van der Waals surface area contributed by atoms with Crippen LogP contribution < -0.4 is 10.5 Å². The van der Waals surface area contributed by atoms with E-state index < -0.39 is 16.0 Å². The van der Waals surface area contributed by atoms with Gasteiger partial charge < -0.3 is 15.6 Å². The molecular formula is C12H16N2O5S. The highest BCUT2D eigenvalue weighted by Crippen LogP contribution is 2.26. The van der Waals surface area contributed by atoms with Gasteiger partial charge in [-0.3, -0.25) is 0 Å². The summed E-state index contributed by atoms with van der Waals surface area (Å²) in [6.07, 6.45) is 1.31. The number of rotatable bonds is 5. The number of carboxylic acid groups (broad SMARTS) is 1. The third kappa shape index (κ3) is 2.92. The fourth-order valence-corrected chi connectivity index (χ4v) is 3.44. The summed E-state index contributed by atoms with van der Waals surface area (Å²) >= 11 is 0. The molecule has 0 heterocycles. The Morgan fingerprint density at radius 3 is 2.60 bits per heavy atom. The van der Waals surface area contributed by atoms with Crippen LogP contribution in [-0.4, -0.2) is 38.7 Å². The number of nitrogens with one attached hydrogen (secondary N) is 1. The van der Waals surface area contributed by atoms with Gasteiger partial charge in [-0.1, -0.05) is 0 Å². The van der Waals surface area contributed by atoms with Gasteiger partial charge in [0.05, 0.1) is 17.4 Å². The highest BCUT2D eigenvalue weighted by atomic mass is 32.2. The molecule has 8 heteroatoms. The molecule has 1 fully saturated rings. The number of hydrogen-bond acceptors (Lipinski definition) is 5. The molecule has 0 bridgehead atoms. The van der Waals surface area contributed by atoms with Crippen molar-refractivity contribution in [2.75, 3.05) is 12.8 Å². The van der Waals surface area contributed by atoms with Crippen LogP contribution in [0.3, 0.4) is 0 Å². The number of carbonyl (C=O) groups is 1. The molecule has 0 radical (unpaired) electrons. The summed E-state index contributed by atoms with van der Waals surface area (Å²) in [7, 11) is -2.17. The van der Waals surface area contributed by atoms with Gasteiger partial charge in [-0.25, -0.2) is 17.9 Å². The maximum absolute atomic E-state index is 12.2. The molecule has 4 N–H and O–H groups in total. The molecule has 1 saturated carbocycles.